The summed E-state index contributed by atoms with van der Waals surface area (Å²) in [4.78, 5) is 16.7. The SMILES string of the molecule is C.COc1cccc(-c2cncc(C(=O)Nc3ccccc3C)c2)c1. The highest BCUT2D eigenvalue weighted by atomic mass is 16.5. The third-order valence-corrected chi connectivity index (χ3v) is 3.80. The zero-order chi connectivity index (χ0) is 16.9. The first kappa shape index (κ1) is 18.2. The molecule has 0 aliphatic heterocycles. The molecule has 1 heterocycles. The Bertz CT molecular complexity index is 875. The monoisotopic (exact) mass is 334 g/mol. The molecule has 3 rings (SSSR count). The summed E-state index contributed by atoms with van der Waals surface area (Å²) in [6, 6.07) is 17.2. The maximum absolute atomic E-state index is 12.5. The number of carbonyl (C=O) groups excluding carboxylic acids is 1. The summed E-state index contributed by atoms with van der Waals surface area (Å²) in [5.74, 6) is 0.587. The highest BCUT2D eigenvalue weighted by Gasteiger charge is 2.10. The average molecular weight is 334 g/mol. The van der Waals surface area contributed by atoms with Crippen LogP contribution >= 0.6 is 0 Å². The predicted molar refractivity (Wildman–Crippen MR) is 102 cm³/mol. The maximum atomic E-state index is 12.5. The van der Waals surface area contributed by atoms with Gasteiger partial charge in [-0.2, -0.15) is 0 Å². The van der Waals surface area contributed by atoms with Crippen molar-refractivity contribution in [1.82, 2.24) is 4.98 Å². The molecule has 1 amide bonds. The second kappa shape index (κ2) is 8.11. The van der Waals surface area contributed by atoms with Gasteiger partial charge in [0.2, 0.25) is 0 Å². The van der Waals surface area contributed by atoms with Crippen LogP contribution in [0.4, 0.5) is 5.69 Å². The van der Waals surface area contributed by atoms with Gasteiger partial charge in [-0.15, -0.1) is 0 Å². The molecule has 0 aliphatic carbocycles. The molecule has 0 bridgehead atoms. The van der Waals surface area contributed by atoms with Gasteiger partial charge >= 0.3 is 0 Å². The van der Waals surface area contributed by atoms with Gasteiger partial charge in [0.1, 0.15) is 5.75 Å². The van der Waals surface area contributed by atoms with E-state index in [0.717, 1.165) is 28.1 Å². The number of pyridine rings is 1. The quantitative estimate of drug-likeness (QED) is 0.734. The fourth-order valence-electron chi connectivity index (χ4n) is 2.43. The lowest BCUT2D eigenvalue weighted by atomic mass is 10.1. The number of hydrogen-bond acceptors (Lipinski definition) is 3. The van der Waals surface area contributed by atoms with Crippen LogP contribution < -0.4 is 10.1 Å². The third-order valence-electron chi connectivity index (χ3n) is 3.80. The number of nitrogens with one attached hydrogen (secondary N) is 1. The minimum Gasteiger partial charge on any atom is -0.497 e. The van der Waals surface area contributed by atoms with Crippen LogP contribution in [0.15, 0.2) is 67.0 Å². The van der Waals surface area contributed by atoms with Crippen LogP contribution in [0.2, 0.25) is 0 Å². The Morgan fingerprint density at radius 1 is 1.00 bits per heavy atom. The lowest BCUT2D eigenvalue weighted by Crippen LogP contribution is -2.13. The number of hydrogen-bond donors (Lipinski definition) is 1. The predicted octanol–water partition coefficient (Wildman–Crippen LogP) is 4.95. The molecular formula is C21H22N2O2. The van der Waals surface area contributed by atoms with Gasteiger partial charge in [0.25, 0.3) is 5.91 Å². The molecular weight excluding hydrogens is 312 g/mol. The van der Waals surface area contributed by atoms with Crippen LogP contribution in [0.3, 0.4) is 0 Å². The molecule has 0 unspecified atom stereocenters. The van der Waals surface area contributed by atoms with Gasteiger partial charge in [0.15, 0.2) is 0 Å². The highest BCUT2D eigenvalue weighted by Crippen LogP contribution is 2.24. The van der Waals surface area contributed by atoms with Gasteiger partial charge in [-0.1, -0.05) is 37.8 Å². The van der Waals surface area contributed by atoms with Gasteiger partial charge in [0, 0.05) is 23.6 Å². The first-order valence-electron chi connectivity index (χ1n) is 7.64. The van der Waals surface area contributed by atoms with Crippen molar-refractivity contribution in [3.8, 4) is 16.9 Å². The summed E-state index contributed by atoms with van der Waals surface area (Å²) in [7, 11) is 1.63. The number of para-hydroxylation sites is 1. The Morgan fingerprint density at radius 2 is 1.80 bits per heavy atom. The average Bonchev–Trinajstić information content (AvgIpc) is 2.64. The molecule has 0 radical (unpaired) electrons. The Hall–Kier alpha value is -3.14. The van der Waals surface area contributed by atoms with E-state index in [0.29, 0.717) is 5.56 Å². The number of ether oxygens (including phenoxy) is 1. The van der Waals surface area contributed by atoms with Crippen LogP contribution in [-0.4, -0.2) is 18.0 Å². The van der Waals surface area contributed by atoms with Crippen molar-refractivity contribution in [3.63, 3.8) is 0 Å². The van der Waals surface area contributed by atoms with E-state index >= 15 is 0 Å². The number of anilines is 1. The van der Waals surface area contributed by atoms with Crippen molar-refractivity contribution >= 4 is 11.6 Å². The van der Waals surface area contributed by atoms with Gasteiger partial charge in [-0.25, -0.2) is 0 Å². The van der Waals surface area contributed by atoms with Crippen molar-refractivity contribution in [2.75, 3.05) is 12.4 Å². The molecule has 0 atom stereocenters. The van der Waals surface area contributed by atoms with E-state index in [-0.39, 0.29) is 13.3 Å². The zero-order valence-electron chi connectivity index (χ0n) is 13.6. The van der Waals surface area contributed by atoms with Crippen molar-refractivity contribution in [2.45, 2.75) is 14.4 Å². The number of carbonyl (C=O) groups is 1. The lowest BCUT2D eigenvalue weighted by molar-refractivity contribution is 0.102. The molecule has 0 aliphatic rings. The van der Waals surface area contributed by atoms with Crippen molar-refractivity contribution in [1.29, 1.82) is 0 Å². The highest BCUT2D eigenvalue weighted by molar-refractivity contribution is 6.05. The molecule has 128 valence electrons. The summed E-state index contributed by atoms with van der Waals surface area (Å²) in [5.41, 5.74) is 4.15. The molecule has 4 nitrogen and oxygen atoms in total. The van der Waals surface area contributed by atoms with Crippen molar-refractivity contribution in [2.24, 2.45) is 0 Å². The van der Waals surface area contributed by atoms with E-state index < -0.39 is 0 Å². The lowest BCUT2D eigenvalue weighted by Gasteiger charge is -2.09. The Kier molecular flexibility index (Phi) is 5.90. The summed E-state index contributed by atoms with van der Waals surface area (Å²) in [6.45, 7) is 1.96. The standard InChI is InChI=1S/C20H18N2O2.CH4/c1-14-6-3-4-9-19(14)22-20(23)17-10-16(12-21-13-17)15-7-5-8-18(11-15)24-2;/h3-13H,1-2H3,(H,22,23);1H4. The van der Waals surface area contributed by atoms with E-state index in [1.807, 2.05) is 61.5 Å². The number of rotatable bonds is 4. The van der Waals surface area contributed by atoms with Gasteiger partial charge in [-0.3, -0.25) is 9.78 Å². The van der Waals surface area contributed by atoms with Crippen molar-refractivity contribution < 1.29 is 9.53 Å². The Balaban J connectivity index is 0.00000225. The zero-order valence-corrected chi connectivity index (χ0v) is 13.6. The second-order valence-electron chi connectivity index (χ2n) is 5.46. The summed E-state index contributed by atoms with van der Waals surface area (Å²) in [6.07, 6.45) is 3.30. The van der Waals surface area contributed by atoms with Crippen LogP contribution in [0.25, 0.3) is 11.1 Å². The first-order chi connectivity index (χ1) is 11.7. The van der Waals surface area contributed by atoms with E-state index in [1.165, 1.54) is 0 Å². The van der Waals surface area contributed by atoms with E-state index in [2.05, 4.69) is 10.3 Å². The van der Waals surface area contributed by atoms with Crippen LogP contribution in [-0.2, 0) is 0 Å². The fourth-order valence-corrected chi connectivity index (χ4v) is 2.43. The minimum absolute atomic E-state index is 0. The van der Waals surface area contributed by atoms with Crippen LogP contribution in [0.5, 0.6) is 5.75 Å². The van der Waals surface area contributed by atoms with E-state index in [4.69, 9.17) is 4.74 Å². The molecule has 0 spiro atoms. The molecule has 0 saturated carbocycles. The Morgan fingerprint density at radius 3 is 2.56 bits per heavy atom. The smallest absolute Gasteiger partial charge is 0.257 e. The number of aromatic nitrogens is 1. The first-order valence-corrected chi connectivity index (χ1v) is 7.64. The number of methoxy groups -OCH3 is 1. The molecule has 1 aromatic heterocycles. The summed E-state index contributed by atoms with van der Waals surface area (Å²) < 4.78 is 5.25. The molecule has 0 fully saturated rings. The molecule has 2 aromatic carbocycles. The topological polar surface area (TPSA) is 51.2 Å². The molecule has 1 N–H and O–H groups in total. The van der Waals surface area contributed by atoms with Gasteiger partial charge in [-0.05, 0) is 42.3 Å². The third kappa shape index (κ3) is 4.23. The normalized spacial score (nSPS) is 9.84. The van der Waals surface area contributed by atoms with Gasteiger partial charge in [0.05, 0.1) is 12.7 Å². The number of amides is 1. The summed E-state index contributed by atoms with van der Waals surface area (Å²) in [5, 5.41) is 2.92. The van der Waals surface area contributed by atoms with Crippen molar-refractivity contribution in [3.05, 3.63) is 78.1 Å². The minimum atomic E-state index is -0.179. The molecule has 3 aromatic rings. The van der Waals surface area contributed by atoms with E-state index in [9.17, 15) is 4.79 Å². The molecule has 4 heteroatoms. The van der Waals surface area contributed by atoms with Crippen LogP contribution in [0.1, 0.15) is 23.3 Å². The number of nitrogens with zero attached hydrogens (tertiary/aromatic N) is 1. The molecule has 25 heavy (non-hydrogen) atoms. The van der Waals surface area contributed by atoms with Gasteiger partial charge < -0.3 is 10.1 Å². The fraction of sp³-hybridized carbons (Fsp3) is 0.143. The number of aryl methyl sites for hydroxylation is 1. The Labute approximate surface area is 148 Å². The largest absolute Gasteiger partial charge is 0.497 e. The van der Waals surface area contributed by atoms with E-state index in [1.54, 1.807) is 19.5 Å². The summed E-state index contributed by atoms with van der Waals surface area (Å²) >= 11 is 0. The number of benzene rings is 2. The second-order valence-corrected chi connectivity index (χ2v) is 5.46. The maximum Gasteiger partial charge on any atom is 0.257 e. The molecule has 0 saturated heterocycles. The van der Waals surface area contributed by atoms with Crippen LogP contribution in [0, 0.1) is 6.92 Å².